The van der Waals surface area contributed by atoms with Crippen molar-refractivity contribution < 1.29 is 33.0 Å². The Morgan fingerprint density at radius 3 is 2.72 bits per heavy atom. The summed E-state index contributed by atoms with van der Waals surface area (Å²) in [5.74, 6) is -1.05. The smallest absolute Gasteiger partial charge is 0.460 e. The third kappa shape index (κ3) is 4.19. The summed E-state index contributed by atoms with van der Waals surface area (Å²) in [5, 5.41) is 26.1. The molecule has 4 rings (SSSR count). The Hall–Kier alpha value is -4.20. The minimum atomic E-state index is -2.72. The molecule has 4 atom stereocenters. The summed E-state index contributed by atoms with van der Waals surface area (Å²) in [6.07, 6.45) is 0.575. The van der Waals surface area contributed by atoms with Gasteiger partial charge in [0.2, 0.25) is 0 Å². The first-order valence-corrected chi connectivity index (χ1v) is 11.9. The number of hydrogen-bond donors (Lipinski definition) is 2. The largest absolute Gasteiger partial charge is 0.805 e. The predicted molar refractivity (Wildman–Crippen MR) is 125 cm³/mol. The molecule has 2 aromatic heterocycles. The number of nitrogens with zero attached hydrogens (tertiary/aromatic N) is 4. The highest BCUT2D eigenvalue weighted by Crippen LogP contribution is 2.50. The molecular formula is C23H23N5O7P+. The molecule has 1 unspecified atom stereocenters. The average molecular weight is 512 g/mol. The van der Waals surface area contributed by atoms with Gasteiger partial charge in [-0.1, -0.05) is 32.0 Å². The van der Waals surface area contributed by atoms with Crippen LogP contribution in [0.1, 0.15) is 26.5 Å². The maximum absolute atomic E-state index is 12.5. The lowest BCUT2D eigenvalue weighted by Gasteiger charge is -2.33. The molecule has 0 spiro atoms. The second-order valence-electron chi connectivity index (χ2n) is 8.43. The SMILES string of the molecule is CC(C)C(=O)O[C@@H]1/C(=C\O[P+](=O)Oc2ccccc2)O[C@@](C#N)(c2ccc3c(N)ncnn23)[C@]1(C)O. The molecule has 0 radical (unpaired) electrons. The fraction of sp³-hybridized carbons (Fsp3) is 0.304. The summed E-state index contributed by atoms with van der Waals surface area (Å²) in [5.41, 5.74) is 2.09. The number of aliphatic hydroxyl groups is 1. The van der Waals surface area contributed by atoms with Gasteiger partial charge in [0.15, 0.2) is 35.3 Å². The van der Waals surface area contributed by atoms with Gasteiger partial charge in [-0.05, 0) is 31.2 Å². The van der Waals surface area contributed by atoms with Crippen LogP contribution in [0.4, 0.5) is 5.82 Å². The minimum absolute atomic E-state index is 0.0954. The van der Waals surface area contributed by atoms with Crippen molar-refractivity contribution in [2.45, 2.75) is 38.1 Å². The van der Waals surface area contributed by atoms with Gasteiger partial charge < -0.3 is 20.3 Å². The summed E-state index contributed by atoms with van der Waals surface area (Å²) < 4.78 is 35.5. The first-order chi connectivity index (χ1) is 17.1. The molecule has 3 heterocycles. The first kappa shape index (κ1) is 24.9. The van der Waals surface area contributed by atoms with Crippen molar-refractivity contribution in [3.05, 3.63) is 66.5 Å². The molecule has 1 fully saturated rings. The van der Waals surface area contributed by atoms with Crippen molar-refractivity contribution in [3.63, 3.8) is 0 Å². The summed E-state index contributed by atoms with van der Waals surface area (Å²) >= 11 is 0. The standard InChI is InChI=1S/C23H23N5O7P/c1-14(2)21(29)33-19-17(11-32-36(31)35-15-7-5-4-6-8-15)34-23(12-24,22(19,3)30)18-10-9-16-20(25)26-13-27-28(16)18/h4-11,13-14,19,30H,1-3H3,(H2,25,26,27)/q+1/b17-11+/t19-,22-,23+/m1/s1. The van der Waals surface area contributed by atoms with E-state index in [0.29, 0.717) is 11.3 Å². The van der Waals surface area contributed by atoms with Gasteiger partial charge in [-0.25, -0.2) is 18.5 Å². The maximum Gasteiger partial charge on any atom is 0.805 e. The van der Waals surface area contributed by atoms with E-state index >= 15 is 0 Å². The van der Waals surface area contributed by atoms with E-state index < -0.39 is 37.4 Å². The number of para-hydroxylation sites is 1. The zero-order chi connectivity index (χ0) is 26.1. The van der Waals surface area contributed by atoms with Crippen molar-refractivity contribution >= 4 is 25.6 Å². The maximum atomic E-state index is 12.5. The van der Waals surface area contributed by atoms with Crippen LogP contribution in [0.15, 0.2) is 60.8 Å². The van der Waals surface area contributed by atoms with Crippen LogP contribution in [0.25, 0.3) is 5.52 Å². The Morgan fingerprint density at radius 2 is 2.06 bits per heavy atom. The van der Waals surface area contributed by atoms with E-state index in [1.54, 1.807) is 50.2 Å². The van der Waals surface area contributed by atoms with Crippen LogP contribution in [0.5, 0.6) is 5.75 Å². The van der Waals surface area contributed by atoms with Gasteiger partial charge >= 0.3 is 14.2 Å². The molecule has 3 aromatic rings. The molecule has 1 aliphatic heterocycles. The predicted octanol–water partition coefficient (Wildman–Crippen LogP) is 2.97. The minimum Gasteiger partial charge on any atom is -0.460 e. The van der Waals surface area contributed by atoms with E-state index in [0.717, 1.165) is 6.26 Å². The lowest BCUT2D eigenvalue weighted by Crippen LogP contribution is -2.53. The Balaban J connectivity index is 1.75. The van der Waals surface area contributed by atoms with E-state index in [2.05, 4.69) is 10.1 Å². The number of fused-ring (bicyclic) bond motifs is 1. The quantitative estimate of drug-likeness (QED) is 0.271. The van der Waals surface area contributed by atoms with Gasteiger partial charge in [-0.3, -0.25) is 4.79 Å². The number of esters is 1. The van der Waals surface area contributed by atoms with Gasteiger partial charge in [0.05, 0.1) is 5.92 Å². The van der Waals surface area contributed by atoms with Crippen LogP contribution >= 0.6 is 8.25 Å². The number of anilines is 1. The third-order valence-corrected chi connectivity index (χ3v) is 6.27. The highest BCUT2D eigenvalue weighted by Gasteiger charge is 2.67. The molecule has 1 aromatic carbocycles. The van der Waals surface area contributed by atoms with E-state index in [-0.39, 0.29) is 17.3 Å². The van der Waals surface area contributed by atoms with E-state index in [1.165, 1.54) is 23.8 Å². The van der Waals surface area contributed by atoms with Crippen molar-refractivity contribution in [2.24, 2.45) is 5.92 Å². The molecule has 1 saturated heterocycles. The number of carbonyl (C=O) groups is 1. The molecule has 36 heavy (non-hydrogen) atoms. The van der Waals surface area contributed by atoms with Gasteiger partial charge in [0.1, 0.15) is 23.6 Å². The zero-order valence-electron chi connectivity index (χ0n) is 19.6. The number of hydrogen-bond acceptors (Lipinski definition) is 11. The number of nitrogens with two attached hydrogens (primary N) is 1. The summed E-state index contributed by atoms with van der Waals surface area (Å²) in [7, 11) is -2.72. The molecule has 13 heteroatoms. The molecule has 186 valence electrons. The second kappa shape index (κ2) is 9.45. The molecule has 1 aliphatic rings. The Labute approximate surface area is 206 Å². The number of carbonyl (C=O) groups excluding carboxylic acids is 1. The van der Waals surface area contributed by atoms with Crippen LogP contribution in [0.3, 0.4) is 0 Å². The number of aromatic nitrogens is 3. The molecule has 0 bridgehead atoms. The molecule has 3 N–H and O–H groups in total. The lowest BCUT2D eigenvalue weighted by atomic mass is 9.80. The van der Waals surface area contributed by atoms with Crippen LogP contribution < -0.4 is 10.3 Å². The number of nitrogen functional groups attached to an aromatic ring is 1. The number of benzene rings is 1. The Morgan fingerprint density at radius 1 is 1.33 bits per heavy atom. The Kier molecular flexibility index (Phi) is 6.54. The van der Waals surface area contributed by atoms with Gasteiger partial charge in [0.25, 0.3) is 5.60 Å². The van der Waals surface area contributed by atoms with Crippen molar-refractivity contribution in [3.8, 4) is 11.8 Å². The average Bonchev–Trinajstić information content (AvgIpc) is 3.37. The summed E-state index contributed by atoms with van der Waals surface area (Å²) in [6, 6.07) is 13.3. The van der Waals surface area contributed by atoms with E-state index in [1.807, 2.05) is 6.07 Å². The van der Waals surface area contributed by atoms with Crippen LogP contribution in [-0.4, -0.2) is 37.4 Å². The summed E-state index contributed by atoms with van der Waals surface area (Å²) in [4.78, 5) is 16.4. The van der Waals surface area contributed by atoms with Crippen molar-refractivity contribution in [1.82, 2.24) is 14.6 Å². The number of ether oxygens (including phenoxy) is 2. The normalized spacial score (nSPS) is 24.8. The van der Waals surface area contributed by atoms with Crippen molar-refractivity contribution in [1.29, 1.82) is 5.26 Å². The Bertz CT molecular complexity index is 1380. The molecule has 0 saturated carbocycles. The second-order valence-corrected chi connectivity index (χ2v) is 9.27. The van der Waals surface area contributed by atoms with Gasteiger partial charge in [0, 0.05) is 4.57 Å². The molecule has 0 aliphatic carbocycles. The van der Waals surface area contributed by atoms with Crippen molar-refractivity contribution in [2.75, 3.05) is 5.73 Å². The zero-order valence-corrected chi connectivity index (χ0v) is 20.5. The lowest BCUT2D eigenvalue weighted by molar-refractivity contribution is -0.165. The van der Waals surface area contributed by atoms with E-state index in [9.17, 15) is 19.7 Å². The topological polar surface area (TPSA) is 171 Å². The van der Waals surface area contributed by atoms with Gasteiger partial charge in [-0.2, -0.15) is 10.4 Å². The van der Waals surface area contributed by atoms with Gasteiger partial charge in [-0.15, -0.1) is 0 Å². The van der Waals surface area contributed by atoms with Crippen LogP contribution in [0.2, 0.25) is 0 Å². The highest BCUT2D eigenvalue weighted by molar-refractivity contribution is 7.33. The molecule has 0 amide bonds. The number of rotatable bonds is 7. The highest BCUT2D eigenvalue weighted by atomic mass is 31.1. The summed E-state index contributed by atoms with van der Waals surface area (Å²) in [6.45, 7) is 4.49. The first-order valence-electron chi connectivity index (χ1n) is 10.8. The molecule has 12 nitrogen and oxygen atoms in total. The molecular weight excluding hydrogens is 489 g/mol. The fourth-order valence-electron chi connectivity index (χ4n) is 3.71. The third-order valence-electron chi connectivity index (χ3n) is 5.64. The fourth-order valence-corrected chi connectivity index (χ4v) is 4.24. The monoisotopic (exact) mass is 512 g/mol. The van der Waals surface area contributed by atoms with Crippen LogP contribution in [-0.2, 0) is 29.0 Å². The van der Waals surface area contributed by atoms with E-state index in [4.69, 9.17) is 24.3 Å². The number of nitriles is 1. The van der Waals surface area contributed by atoms with Crippen LogP contribution in [0, 0.1) is 17.2 Å².